The number of carbonyl (C=O) groups is 2. The van der Waals surface area contributed by atoms with Crippen molar-refractivity contribution in [1.29, 1.82) is 0 Å². The van der Waals surface area contributed by atoms with Gasteiger partial charge in [0.2, 0.25) is 0 Å². The van der Waals surface area contributed by atoms with Crippen LogP contribution < -0.4 is 16.2 Å². The van der Waals surface area contributed by atoms with E-state index in [1.807, 2.05) is 0 Å². The number of esters is 1. The fraction of sp³-hybridized carbons (Fsp3) is 0.462. The molecule has 0 unspecified atom stereocenters. The summed E-state index contributed by atoms with van der Waals surface area (Å²) in [6, 6.07) is 3.21. The maximum atomic E-state index is 11.3. The van der Waals surface area contributed by atoms with Gasteiger partial charge in [-0.25, -0.2) is 20.0 Å². The zero-order valence-corrected chi connectivity index (χ0v) is 12.5. The van der Waals surface area contributed by atoms with E-state index in [9.17, 15) is 9.59 Å². The van der Waals surface area contributed by atoms with Gasteiger partial charge in [-0.2, -0.15) is 0 Å². The van der Waals surface area contributed by atoms with E-state index in [2.05, 4.69) is 25.9 Å². The topological polar surface area (TPSA) is 102 Å². The number of rotatable bonds is 5. The average Bonchev–Trinajstić information content (AvgIpc) is 2.41. The van der Waals surface area contributed by atoms with Gasteiger partial charge in [0.05, 0.1) is 25.7 Å². The molecular formula is C13H20N4O4. The number of carbonyl (C=O) groups excluding carboxylic acids is 2. The molecular weight excluding hydrogens is 276 g/mol. The van der Waals surface area contributed by atoms with Crippen molar-refractivity contribution >= 4 is 17.7 Å². The van der Waals surface area contributed by atoms with Crippen molar-refractivity contribution < 1.29 is 19.1 Å². The predicted molar refractivity (Wildman–Crippen MR) is 76.6 cm³/mol. The van der Waals surface area contributed by atoms with Gasteiger partial charge in [0, 0.05) is 0 Å². The Labute approximate surface area is 123 Å². The lowest BCUT2D eigenvalue weighted by atomic mass is 10.2. The number of methoxy groups -OCH3 is 1. The van der Waals surface area contributed by atoms with E-state index >= 15 is 0 Å². The fourth-order valence-electron chi connectivity index (χ4n) is 1.29. The van der Waals surface area contributed by atoms with Crippen molar-refractivity contribution in [2.24, 2.45) is 0 Å². The number of hydrogen-bond acceptors (Lipinski definition) is 7. The zero-order valence-electron chi connectivity index (χ0n) is 12.5. The lowest BCUT2D eigenvalue weighted by Crippen LogP contribution is -2.43. The first-order chi connectivity index (χ1) is 9.81. The predicted octanol–water partition coefficient (Wildman–Crippen LogP) is 1.27. The normalized spacial score (nSPS) is 10.7. The number of amides is 1. The molecule has 8 heteroatoms. The summed E-state index contributed by atoms with van der Waals surface area (Å²) in [5.41, 5.74) is 5.39. The summed E-state index contributed by atoms with van der Waals surface area (Å²) < 4.78 is 9.59. The molecule has 0 spiro atoms. The molecule has 0 fully saturated rings. The maximum Gasteiger partial charge on any atom is 0.422 e. The van der Waals surface area contributed by atoms with Crippen LogP contribution in [0.1, 0.15) is 31.3 Å². The molecule has 0 saturated heterocycles. The van der Waals surface area contributed by atoms with Crippen LogP contribution >= 0.6 is 0 Å². The van der Waals surface area contributed by atoms with Crippen molar-refractivity contribution in [2.75, 3.05) is 19.1 Å². The maximum absolute atomic E-state index is 11.3. The minimum atomic E-state index is -0.566. The number of pyridine rings is 1. The minimum absolute atomic E-state index is 0.225. The Balaban J connectivity index is 2.30. The molecule has 1 aromatic heterocycles. The van der Waals surface area contributed by atoms with E-state index in [-0.39, 0.29) is 12.4 Å². The molecule has 1 amide bonds. The van der Waals surface area contributed by atoms with Gasteiger partial charge >= 0.3 is 12.1 Å². The summed E-state index contributed by atoms with van der Waals surface area (Å²) in [5, 5.41) is 2.95. The highest BCUT2D eigenvalue weighted by Crippen LogP contribution is 2.07. The molecule has 0 aliphatic rings. The van der Waals surface area contributed by atoms with Crippen LogP contribution in [-0.4, -0.2) is 36.4 Å². The summed E-state index contributed by atoms with van der Waals surface area (Å²) in [4.78, 5) is 26.5. The van der Waals surface area contributed by atoms with E-state index in [1.165, 1.54) is 19.4 Å². The van der Waals surface area contributed by atoms with Crippen molar-refractivity contribution in [3.8, 4) is 0 Å². The van der Waals surface area contributed by atoms with Crippen molar-refractivity contribution in [1.82, 2.24) is 15.8 Å². The van der Waals surface area contributed by atoms with Crippen LogP contribution in [0, 0.1) is 0 Å². The Kier molecular flexibility index (Phi) is 5.92. The summed E-state index contributed by atoms with van der Waals surface area (Å²) >= 11 is 0. The molecule has 21 heavy (non-hydrogen) atoms. The van der Waals surface area contributed by atoms with Gasteiger partial charge in [-0.3, -0.25) is 5.43 Å². The summed E-state index contributed by atoms with van der Waals surface area (Å²) in [5.74, 6) is -0.494. The van der Waals surface area contributed by atoms with E-state index in [0.717, 1.165) is 0 Å². The molecule has 0 bridgehead atoms. The number of nitrogens with zero attached hydrogens (tertiary/aromatic N) is 1. The van der Waals surface area contributed by atoms with Gasteiger partial charge < -0.3 is 14.8 Å². The van der Waals surface area contributed by atoms with E-state index < -0.39 is 17.7 Å². The van der Waals surface area contributed by atoms with Crippen LogP contribution in [-0.2, 0) is 9.47 Å². The van der Waals surface area contributed by atoms with Crippen LogP contribution in [0.2, 0.25) is 0 Å². The number of anilines is 1. The molecule has 116 valence electrons. The van der Waals surface area contributed by atoms with Crippen LogP contribution in [0.3, 0.4) is 0 Å². The molecule has 1 rings (SSSR count). The van der Waals surface area contributed by atoms with Gasteiger partial charge in [-0.15, -0.1) is 0 Å². The Hall–Kier alpha value is -2.35. The average molecular weight is 296 g/mol. The largest absolute Gasteiger partial charge is 0.464 e. The van der Waals surface area contributed by atoms with Gasteiger partial charge in [-0.1, -0.05) is 0 Å². The highest BCUT2D eigenvalue weighted by atomic mass is 16.6. The third-order valence-corrected chi connectivity index (χ3v) is 2.13. The number of nitrogens with one attached hydrogen (secondary N) is 3. The molecule has 0 aliphatic heterocycles. The third-order valence-electron chi connectivity index (χ3n) is 2.13. The summed E-state index contributed by atoms with van der Waals surface area (Å²) in [7, 11) is 1.29. The molecule has 0 aliphatic carbocycles. The molecule has 0 saturated carbocycles. The molecule has 1 aromatic rings. The number of hydrazine groups is 1. The SMILES string of the molecule is COC(=O)c1ccc(NCNNC(=O)OC(C)(C)C)cn1. The lowest BCUT2D eigenvalue weighted by molar-refractivity contribution is 0.0499. The van der Waals surface area contributed by atoms with Gasteiger partial charge in [0.25, 0.3) is 0 Å². The monoisotopic (exact) mass is 296 g/mol. The second kappa shape index (κ2) is 7.44. The first-order valence-corrected chi connectivity index (χ1v) is 6.32. The van der Waals surface area contributed by atoms with Crippen LogP contribution in [0.4, 0.5) is 10.5 Å². The smallest absolute Gasteiger partial charge is 0.422 e. The van der Waals surface area contributed by atoms with E-state index in [0.29, 0.717) is 5.69 Å². The standard InChI is InChI=1S/C13H20N4O4/c1-13(2,3)21-12(19)17-16-8-15-9-5-6-10(14-7-9)11(18)20-4/h5-7,15-16H,8H2,1-4H3,(H,17,19). The molecule has 0 aromatic carbocycles. The van der Waals surface area contributed by atoms with Crippen molar-refractivity contribution in [3.63, 3.8) is 0 Å². The van der Waals surface area contributed by atoms with Gasteiger partial charge in [0.1, 0.15) is 11.3 Å². The molecule has 0 radical (unpaired) electrons. The second-order valence-electron chi connectivity index (χ2n) is 5.08. The van der Waals surface area contributed by atoms with E-state index in [4.69, 9.17) is 4.74 Å². The highest BCUT2D eigenvalue weighted by Gasteiger charge is 2.15. The first-order valence-electron chi connectivity index (χ1n) is 6.32. The first kappa shape index (κ1) is 16.7. The van der Waals surface area contributed by atoms with Crippen LogP contribution in [0.5, 0.6) is 0 Å². The number of hydrogen-bond donors (Lipinski definition) is 3. The number of ether oxygens (including phenoxy) is 2. The van der Waals surface area contributed by atoms with Crippen molar-refractivity contribution in [2.45, 2.75) is 26.4 Å². The zero-order chi connectivity index (χ0) is 15.9. The quantitative estimate of drug-likeness (QED) is 0.325. The minimum Gasteiger partial charge on any atom is -0.464 e. The number of aromatic nitrogens is 1. The highest BCUT2D eigenvalue weighted by molar-refractivity contribution is 5.87. The summed E-state index contributed by atoms with van der Waals surface area (Å²) in [6.07, 6.45) is 0.921. The second-order valence-corrected chi connectivity index (χ2v) is 5.08. The molecule has 0 atom stereocenters. The van der Waals surface area contributed by atoms with Gasteiger partial charge in [0.15, 0.2) is 0 Å². The third kappa shape index (κ3) is 6.57. The Bertz CT molecular complexity index is 482. The van der Waals surface area contributed by atoms with E-state index in [1.54, 1.807) is 26.8 Å². The van der Waals surface area contributed by atoms with Gasteiger partial charge in [-0.05, 0) is 32.9 Å². The lowest BCUT2D eigenvalue weighted by Gasteiger charge is -2.19. The molecule has 1 heterocycles. The van der Waals surface area contributed by atoms with Crippen molar-refractivity contribution in [3.05, 3.63) is 24.0 Å². The Morgan fingerprint density at radius 2 is 2.00 bits per heavy atom. The van der Waals surface area contributed by atoms with Crippen LogP contribution in [0.25, 0.3) is 0 Å². The fourth-order valence-corrected chi connectivity index (χ4v) is 1.29. The molecule has 3 N–H and O–H groups in total. The Morgan fingerprint density at radius 1 is 1.29 bits per heavy atom. The van der Waals surface area contributed by atoms with Crippen LogP contribution in [0.15, 0.2) is 18.3 Å². The summed E-state index contributed by atoms with van der Waals surface area (Å²) in [6.45, 7) is 5.59. The molecule has 8 nitrogen and oxygen atoms in total. The Morgan fingerprint density at radius 3 is 2.52 bits per heavy atom.